The maximum Gasteiger partial charge on any atom is 0.237 e. The summed E-state index contributed by atoms with van der Waals surface area (Å²) in [5, 5.41) is 0. The summed E-state index contributed by atoms with van der Waals surface area (Å²) in [6, 6.07) is 10.4. The van der Waals surface area contributed by atoms with Gasteiger partial charge in [0.2, 0.25) is 5.91 Å². The molecular formula is C21H18F3NO. The van der Waals surface area contributed by atoms with Gasteiger partial charge < -0.3 is 5.73 Å². The van der Waals surface area contributed by atoms with Crippen LogP contribution in [0.1, 0.15) is 18.1 Å². The van der Waals surface area contributed by atoms with Crippen LogP contribution in [0.2, 0.25) is 0 Å². The second-order valence-corrected chi connectivity index (χ2v) is 5.72. The van der Waals surface area contributed by atoms with Crippen molar-refractivity contribution in [2.24, 2.45) is 5.73 Å². The molecule has 0 unspecified atom stereocenters. The van der Waals surface area contributed by atoms with E-state index in [0.29, 0.717) is 0 Å². The van der Waals surface area contributed by atoms with Crippen molar-refractivity contribution < 1.29 is 18.0 Å². The first-order valence-corrected chi connectivity index (χ1v) is 7.81. The fourth-order valence-electron chi connectivity index (χ4n) is 2.99. The number of carbonyl (C=O) groups is 1. The minimum Gasteiger partial charge on any atom is -0.368 e. The molecule has 1 amide bonds. The summed E-state index contributed by atoms with van der Waals surface area (Å²) < 4.78 is 41.6. The second kappa shape index (κ2) is 7.87. The first kappa shape index (κ1) is 19.2. The van der Waals surface area contributed by atoms with Crippen molar-refractivity contribution in [2.75, 3.05) is 0 Å². The summed E-state index contributed by atoms with van der Waals surface area (Å²) >= 11 is 0. The Morgan fingerprint density at radius 2 is 1.58 bits per heavy atom. The zero-order valence-corrected chi connectivity index (χ0v) is 14.2. The quantitative estimate of drug-likeness (QED) is 0.747. The first-order chi connectivity index (χ1) is 12.3. The largest absolute Gasteiger partial charge is 0.368 e. The van der Waals surface area contributed by atoms with Crippen molar-refractivity contribution in [3.05, 3.63) is 107 Å². The van der Waals surface area contributed by atoms with Gasteiger partial charge in [-0.3, -0.25) is 4.79 Å². The number of carbonyl (C=O) groups excluding carboxylic acids is 1. The van der Waals surface area contributed by atoms with Gasteiger partial charge in [-0.25, -0.2) is 13.2 Å². The second-order valence-electron chi connectivity index (χ2n) is 5.72. The van der Waals surface area contributed by atoms with Crippen LogP contribution in [-0.2, 0) is 10.2 Å². The Morgan fingerprint density at radius 3 is 1.92 bits per heavy atom. The minimum atomic E-state index is -1.80. The van der Waals surface area contributed by atoms with Crippen LogP contribution in [0.25, 0.3) is 0 Å². The Morgan fingerprint density at radius 1 is 1.08 bits per heavy atom. The van der Waals surface area contributed by atoms with Gasteiger partial charge >= 0.3 is 0 Å². The number of allylic oxidation sites excluding steroid dienone is 4. The standard InChI is InChI=1S/C21H18F3NO/c1-3-6-15(11-14(2)22)21(20(25)26,16-7-4-9-18(23)12-16)17-8-5-10-19(24)13-17/h3-13H,1H2,2H3,(H2,25,26)/b14-11+,15-6+. The third-order valence-electron chi connectivity index (χ3n) is 3.97. The maximum absolute atomic E-state index is 13.9. The Labute approximate surface area is 150 Å². The fourth-order valence-corrected chi connectivity index (χ4v) is 2.99. The molecule has 2 nitrogen and oxygen atoms in total. The third-order valence-corrected chi connectivity index (χ3v) is 3.97. The molecule has 2 aromatic rings. The van der Waals surface area contributed by atoms with Gasteiger partial charge in [0.25, 0.3) is 0 Å². The average molecular weight is 357 g/mol. The van der Waals surface area contributed by atoms with E-state index in [4.69, 9.17) is 5.73 Å². The van der Waals surface area contributed by atoms with Crippen molar-refractivity contribution in [3.8, 4) is 0 Å². The number of primary amides is 1. The Kier molecular flexibility index (Phi) is 5.82. The number of benzene rings is 2. The van der Waals surface area contributed by atoms with Crippen LogP contribution in [0.4, 0.5) is 13.2 Å². The molecule has 2 N–H and O–H groups in total. The van der Waals surface area contributed by atoms with Gasteiger partial charge in [-0.2, -0.15) is 0 Å². The van der Waals surface area contributed by atoms with Crippen molar-refractivity contribution in [3.63, 3.8) is 0 Å². The van der Waals surface area contributed by atoms with Gasteiger partial charge in [-0.1, -0.05) is 43.0 Å². The van der Waals surface area contributed by atoms with E-state index in [1.54, 1.807) is 0 Å². The van der Waals surface area contributed by atoms with E-state index in [1.165, 1.54) is 55.5 Å². The van der Waals surface area contributed by atoms with Crippen molar-refractivity contribution in [2.45, 2.75) is 12.3 Å². The van der Waals surface area contributed by atoms with E-state index in [0.717, 1.165) is 18.2 Å². The molecule has 0 saturated heterocycles. The van der Waals surface area contributed by atoms with Crippen LogP contribution in [0.5, 0.6) is 0 Å². The van der Waals surface area contributed by atoms with Gasteiger partial charge in [-0.15, -0.1) is 0 Å². The summed E-state index contributed by atoms with van der Waals surface area (Å²) in [6.07, 6.45) is 3.84. The minimum absolute atomic E-state index is 0.108. The highest BCUT2D eigenvalue weighted by atomic mass is 19.1. The molecule has 0 spiro atoms. The molecule has 0 aliphatic carbocycles. The molecule has 0 bridgehead atoms. The lowest BCUT2D eigenvalue weighted by Crippen LogP contribution is -2.44. The Hall–Kier alpha value is -3.08. The predicted octanol–water partition coefficient (Wildman–Crippen LogP) is 4.72. The molecule has 5 heteroatoms. The van der Waals surface area contributed by atoms with E-state index >= 15 is 0 Å². The molecular weight excluding hydrogens is 339 g/mol. The van der Waals surface area contributed by atoms with Gasteiger partial charge in [-0.05, 0) is 54.0 Å². The monoisotopic (exact) mass is 357 g/mol. The SMILES string of the molecule is C=C/C=C(\C=C(/C)F)C(C(N)=O)(c1cccc(F)c1)c1cccc(F)c1. The molecule has 0 aliphatic rings. The maximum atomic E-state index is 13.9. The van der Waals surface area contributed by atoms with E-state index in [1.807, 2.05) is 0 Å². The number of hydrogen-bond donors (Lipinski definition) is 1. The molecule has 0 radical (unpaired) electrons. The number of hydrogen-bond acceptors (Lipinski definition) is 1. The van der Waals surface area contributed by atoms with Gasteiger partial charge in [0.05, 0.1) is 5.83 Å². The van der Waals surface area contributed by atoms with E-state index in [-0.39, 0.29) is 16.7 Å². The summed E-state index contributed by atoms with van der Waals surface area (Å²) in [4.78, 5) is 12.7. The van der Waals surface area contributed by atoms with Crippen molar-refractivity contribution in [1.29, 1.82) is 0 Å². The number of amides is 1. The molecule has 26 heavy (non-hydrogen) atoms. The lowest BCUT2D eigenvalue weighted by molar-refractivity contribution is -0.121. The van der Waals surface area contributed by atoms with Crippen molar-refractivity contribution >= 4 is 5.91 Å². The molecule has 2 rings (SSSR count). The summed E-state index contributed by atoms with van der Waals surface area (Å²) in [5.74, 6) is -2.72. The zero-order chi connectivity index (χ0) is 19.3. The molecule has 0 fully saturated rings. The van der Waals surface area contributed by atoms with Crippen LogP contribution < -0.4 is 5.73 Å². The van der Waals surface area contributed by atoms with Crippen LogP contribution in [-0.4, -0.2) is 5.91 Å². The smallest absolute Gasteiger partial charge is 0.237 e. The number of halogens is 3. The lowest BCUT2D eigenvalue weighted by atomic mass is 9.68. The van der Waals surface area contributed by atoms with Crippen LogP contribution >= 0.6 is 0 Å². The van der Waals surface area contributed by atoms with E-state index < -0.39 is 28.8 Å². The molecule has 0 heterocycles. The molecule has 0 saturated carbocycles. The molecule has 0 aliphatic heterocycles. The average Bonchev–Trinajstić information content (AvgIpc) is 2.55. The predicted molar refractivity (Wildman–Crippen MR) is 95.9 cm³/mol. The van der Waals surface area contributed by atoms with Gasteiger partial charge in [0.1, 0.15) is 17.0 Å². The lowest BCUT2D eigenvalue weighted by Gasteiger charge is -2.33. The van der Waals surface area contributed by atoms with Gasteiger partial charge in [0.15, 0.2) is 0 Å². The summed E-state index contributed by atoms with van der Waals surface area (Å²) in [6.45, 7) is 4.77. The highest BCUT2D eigenvalue weighted by Crippen LogP contribution is 2.41. The Balaban J connectivity index is 2.99. The normalized spacial score (nSPS) is 12.8. The highest BCUT2D eigenvalue weighted by molar-refractivity contribution is 5.95. The summed E-state index contributed by atoms with van der Waals surface area (Å²) in [5.41, 5.74) is 4.35. The fraction of sp³-hybridized carbons (Fsp3) is 0.0952. The van der Waals surface area contributed by atoms with Crippen LogP contribution in [0.15, 0.2) is 84.7 Å². The molecule has 0 atom stereocenters. The number of rotatable bonds is 6. The van der Waals surface area contributed by atoms with Crippen molar-refractivity contribution in [1.82, 2.24) is 0 Å². The summed E-state index contributed by atoms with van der Waals surface area (Å²) in [7, 11) is 0. The molecule has 134 valence electrons. The molecule has 2 aromatic carbocycles. The van der Waals surface area contributed by atoms with Crippen LogP contribution in [0.3, 0.4) is 0 Å². The first-order valence-electron chi connectivity index (χ1n) is 7.81. The molecule has 0 aromatic heterocycles. The Bertz CT molecular complexity index is 850. The zero-order valence-electron chi connectivity index (χ0n) is 14.2. The third kappa shape index (κ3) is 3.61. The topological polar surface area (TPSA) is 43.1 Å². The van der Waals surface area contributed by atoms with E-state index in [2.05, 4.69) is 6.58 Å². The van der Waals surface area contributed by atoms with Crippen LogP contribution in [0, 0.1) is 11.6 Å². The van der Waals surface area contributed by atoms with Gasteiger partial charge in [0, 0.05) is 0 Å². The van der Waals surface area contributed by atoms with E-state index in [9.17, 15) is 18.0 Å². The number of nitrogens with two attached hydrogens (primary N) is 1. The highest BCUT2D eigenvalue weighted by Gasteiger charge is 2.43.